The van der Waals surface area contributed by atoms with Gasteiger partial charge in [0.2, 0.25) is 5.91 Å². The number of likely N-dealkylation sites (N-methyl/N-ethyl adjacent to an activating group) is 1. The number of rotatable bonds is 7. The first-order chi connectivity index (χ1) is 15.1. The van der Waals surface area contributed by atoms with Gasteiger partial charge in [0.1, 0.15) is 12.6 Å². The fourth-order valence-corrected chi connectivity index (χ4v) is 3.50. The smallest absolute Gasteiger partial charge is 0.287 e. The largest absolute Gasteiger partial charge is 0.486 e. The molecule has 0 saturated carbocycles. The maximum Gasteiger partial charge on any atom is 0.287 e. The highest BCUT2D eigenvalue weighted by Crippen LogP contribution is 2.31. The van der Waals surface area contributed by atoms with Crippen molar-refractivity contribution in [1.29, 1.82) is 0 Å². The quantitative estimate of drug-likeness (QED) is 0.636. The first-order valence-electron chi connectivity index (χ1n) is 10.1. The molecule has 0 fully saturated rings. The zero-order valence-corrected chi connectivity index (χ0v) is 17.2. The highest BCUT2D eigenvalue weighted by molar-refractivity contribution is 5.95. The van der Waals surface area contributed by atoms with Crippen LogP contribution in [0.25, 0.3) is 0 Å². The molecule has 7 nitrogen and oxygen atoms in total. The molecule has 0 spiro atoms. The Morgan fingerprint density at radius 3 is 2.52 bits per heavy atom. The molecule has 0 saturated heterocycles. The molecule has 1 aromatic heterocycles. The van der Waals surface area contributed by atoms with Crippen molar-refractivity contribution in [3.63, 3.8) is 0 Å². The first kappa shape index (κ1) is 20.5. The summed E-state index contributed by atoms with van der Waals surface area (Å²) in [7, 11) is 1.70. The molecule has 31 heavy (non-hydrogen) atoms. The van der Waals surface area contributed by atoms with E-state index in [0.29, 0.717) is 31.1 Å². The lowest BCUT2D eigenvalue weighted by molar-refractivity contribution is -0.133. The minimum absolute atomic E-state index is 0.161. The molecule has 4 rings (SSSR count). The van der Waals surface area contributed by atoms with Crippen molar-refractivity contribution < 1.29 is 23.5 Å². The van der Waals surface area contributed by atoms with Gasteiger partial charge in [0.15, 0.2) is 23.4 Å². The molecular weight excluding hydrogens is 396 g/mol. The van der Waals surface area contributed by atoms with Gasteiger partial charge in [-0.1, -0.05) is 42.5 Å². The minimum Gasteiger partial charge on any atom is -0.486 e. The summed E-state index contributed by atoms with van der Waals surface area (Å²) in [6.07, 6.45) is 1.48. The summed E-state index contributed by atoms with van der Waals surface area (Å²) in [5, 5.41) is 2.81. The SMILES string of the molecule is CN(CC1COc2ccccc2O1)C(=O)C(Cc1ccccc1)NC(=O)c1ccco1. The van der Waals surface area contributed by atoms with Crippen LogP contribution in [0, 0.1) is 0 Å². The van der Waals surface area contributed by atoms with Gasteiger partial charge in [-0.3, -0.25) is 9.59 Å². The number of nitrogens with one attached hydrogen (secondary N) is 1. The zero-order valence-electron chi connectivity index (χ0n) is 17.2. The Bertz CT molecular complexity index is 1020. The van der Waals surface area contributed by atoms with E-state index in [2.05, 4.69) is 5.32 Å². The van der Waals surface area contributed by atoms with Gasteiger partial charge in [-0.15, -0.1) is 0 Å². The summed E-state index contributed by atoms with van der Waals surface area (Å²) in [5.74, 6) is 0.867. The van der Waals surface area contributed by atoms with Crippen molar-refractivity contribution in [1.82, 2.24) is 10.2 Å². The van der Waals surface area contributed by atoms with Crippen molar-refractivity contribution in [2.45, 2.75) is 18.6 Å². The monoisotopic (exact) mass is 420 g/mol. The predicted molar refractivity (Wildman–Crippen MR) is 114 cm³/mol. The summed E-state index contributed by atoms with van der Waals surface area (Å²) in [5.41, 5.74) is 0.945. The number of fused-ring (bicyclic) bond motifs is 1. The van der Waals surface area contributed by atoms with E-state index in [4.69, 9.17) is 13.9 Å². The number of furan rings is 1. The number of ether oxygens (including phenoxy) is 2. The van der Waals surface area contributed by atoms with Gasteiger partial charge in [-0.25, -0.2) is 0 Å². The number of amides is 2. The Morgan fingerprint density at radius 1 is 1.03 bits per heavy atom. The fourth-order valence-electron chi connectivity index (χ4n) is 3.50. The van der Waals surface area contributed by atoms with Crippen LogP contribution in [0.5, 0.6) is 11.5 Å². The maximum absolute atomic E-state index is 13.3. The van der Waals surface area contributed by atoms with Crippen LogP contribution in [0.2, 0.25) is 0 Å². The van der Waals surface area contributed by atoms with Crippen molar-refractivity contribution >= 4 is 11.8 Å². The lowest BCUT2D eigenvalue weighted by Crippen LogP contribution is -2.51. The lowest BCUT2D eigenvalue weighted by atomic mass is 10.0. The van der Waals surface area contributed by atoms with Crippen molar-refractivity contribution in [2.75, 3.05) is 20.2 Å². The molecule has 0 bridgehead atoms. The third kappa shape index (κ3) is 5.06. The van der Waals surface area contributed by atoms with Gasteiger partial charge in [0, 0.05) is 13.5 Å². The lowest BCUT2D eigenvalue weighted by Gasteiger charge is -2.31. The summed E-state index contributed by atoms with van der Waals surface area (Å²) >= 11 is 0. The Kier molecular flexibility index (Phi) is 6.21. The molecule has 1 aliphatic heterocycles. The van der Waals surface area contributed by atoms with Gasteiger partial charge in [0.25, 0.3) is 5.91 Å². The van der Waals surface area contributed by atoms with E-state index >= 15 is 0 Å². The summed E-state index contributed by atoms with van der Waals surface area (Å²) in [4.78, 5) is 27.4. The molecule has 0 radical (unpaired) electrons. The highest BCUT2D eigenvalue weighted by Gasteiger charge is 2.29. The van der Waals surface area contributed by atoms with Crippen molar-refractivity contribution in [3.05, 3.63) is 84.3 Å². The fraction of sp³-hybridized carbons (Fsp3) is 0.250. The Morgan fingerprint density at radius 2 is 1.77 bits per heavy atom. The van der Waals surface area contributed by atoms with Crippen LogP contribution < -0.4 is 14.8 Å². The van der Waals surface area contributed by atoms with Crippen LogP contribution in [0.15, 0.2) is 77.4 Å². The number of nitrogens with zero attached hydrogens (tertiary/aromatic N) is 1. The van der Waals surface area contributed by atoms with Gasteiger partial charge in [-0.2, -0.15) is 0 Å². The van der Waals surface area contributed by atoms with Crippen LogP contribution in [-0.4, -0.2) is 49.1 Å². The zero-order chi connectivity index (χ0) is 21.6. The van der Waals surface area contributed by atoms with E-state index < -0.39 is 11.9 Å². The minimum atomic E-state index is -0.748. The average Bonchev–Trinajstić information content (AvgIpc) is 3.34. The first-order valence-corrected chi connectivity index (χ1v) is 10.1. The molecule has 2 amide bonds. The summed E-state index contributed by atoms with van der Waals surface area (Å²) < 4.78 is 16.9. The van der Waals surface area contributed by atoms with Crippen LogP contribution in [0.4, 0.5) is 0 Å². The van der Waals surface area contributed by atoms with E-state index in [1.807, 2.05) is 54.6 Å². The number of carbonyl (C=O) groups is 2. The van der Waals surface area contributed by atoms with E-state index in [0.717, 1.165) is 5.56 Å². The van der Waals surface area contributed by atoms with E-state index in [-0.39, 0.29) is 17.8 Å². The standard InChI is InChI=1S/C24H24N2O5/c1-26(15-18-16-30-20-10-5-6-11-21(20)31-18)24(28)19(14-17-8-3-2-4-9-17)25-23(27)22-12-7-13-29-22/h2-13,18-19H,14-16H2,1H3,(H,25,27). The highest BCUT2D eigenvalue weighted by atomic mass is 16.6. The predicted octanol–water partition coefficient (Wildman–Crippen LogP) is 2.92. The molecule has 2 unspecified atom stereocenters. The summed E-state index contributed by atoms with van der Waals surface area (Å²) in [6, 6.07) is 19.5. The number of benzene rings is 2. The van der Waals surface area contributed by atoms with Crippen LogP contribution >= 0.6 is 0 Å². The Balaban J connectivity index is 1.44. The third-order valence-corrected chi connectivity index (χ3v) is 5.05. The number of hydrogen-bond acceptors (Lipinski definition) is 5. The van der Waals surface area contributed by atoms with Crippen molar-refractivity contribution in [3.8, 4) is 11.5 Å². The third-order valence-electron chi connectivity index (χ3n) is 5.05. The second-order valence-corrected chi connectivity index (χ2v) is 7.41. The molecule has 3 aromatic rings. The second kappa shape index (κ2) is 9.38. The molecule has 0 aliphatic carbocycles. The maximum atomic E-state index is 13.3. The van der Waals surface area contributed by atoms with E-state index in [9.17, 15) is 9.59 Å². The number of hydrogen-bond donors (Lipinski definition) is 1. The molecule has 1 aliphatic rings. The Hall–Kier alpha value is -3.74. The number of carbonyl (C=O) groups excluding carboxylic acids is 2. The van der Waals surface area contributed by atoms with Crippen LogP contribution in [0.1, 0.15) is 16.1 Å². The molecule has 160 valence electrons. The Labute approximate surface area is 180 Å². The average molecular weight is 420 g/mol. The normalized spacial score (nSPS) is 15.7. The molecule has 7 heteroatoms. The van der Waals surface area contributed by atoms with E-state index in [1.165, 1.54) is 6.26 Å². The van der Waals surface area contributed by atoms with Crippen LogP contribution in [0.3, 0.4) is 0 Å². The molecule has 1 N–H and O–H groups in total. The number of para-hydroxylation sites is 2. The van der Waals surface area contributed by atoms with Gasteiger partial charge in [-0.05, 0) is 29.8 Å². The van der Waals surface area contributed by atoms with Crippen molar-refractivity contribution in [2.24, 2.45) is 0 Å². The molecule has 2 atom stereocenters. The van der Waals surface area contributed by atoms with Gasteiger partial charge in [0.05, 0.1) is 12.8 Å². The summed E-state index contributed by atoms with van der Waals surface area (Å²) in [6.45, 7) is 0.672. The molecule has 2 heterocycles. The second-order valence-electron chi connectivity index (χ2n) is 7.41. The molecule has 2 aromatic carbocycles. The van der Waals surface area contributed by atoms with E-state index in [1.54, 1.807) is 24.1 Å². The molecular formula is C24H24N2O5. The van der Waals surface area contributed by atoms with Crippen LogP contribution in [-0.2, 0) is 11.2 Å². The topological polar surface area (TPSA) is 81.0 Å². The van der Waals surface area contributed by atoms with Gasteiger partial charge < -0.3 is 24.1 Å². The van der Waals surface area contributed by atoms with Gasteiger partial charge >= 0.3 is 0 Å².